The van der Waals surface area contributed by atoms with Crippen molar-refractivity contribution in [3.05, 3.63) is 82.1 Å². The minimum absolute atomic E-state index is 0.0894. The van der Waals surface area contributed by atoms with Crippen molar-refractivity contribution in [2.24, 2.45) is 0 Å². The van der Waals surface area contributed by atoms with Gasteiger partial charge in [0.25, 0.3) is 5.56 Å². The molecule has 0 aliphatic heterocycles. The summed E-state index contributed by atoms with van der Waals surface area (Å²) < 4.78 is 1.22. The minimum Gasteiger partial charge on any atom is -0.372 e. The standard InChI is InChI=1S/C25H30N4O2/c1-4-28(22-8-5-7-20(3)17-22)16-6-15-26-24(30)18-29-25(31)14-13-23(27-29)21-11-9-19(2)10-12-21/h5,7-14,17H,4,6,15-16,18H2,1-3H3,(H,26,30). The third kappa shape index (κ3) is 6.28. The van der Waals surface area contributed by atoms with E-state index in [0.717, 1.165) is 30.6 Å². The van der Waals surface area contributed by atoms with Gasteiger partial charge in [-0.15, -0.1) is 0 Å². The molecule has 0 unspecified atom stereocenters. The Kier molecular flexibility index (Phi) is 7.60. The zero-order chi connectivity index (χ0) is 22.2. The summed E-state index contributed by atoms with van der Waals surface area (Å²) >= 11 is 0. The lowest BCUT2D eigenvalue weighted by Gasteiger charge is -2.23. The summed E-state index contributed by atoms with van der Waals surface area (Å²) in [5, 5.41) is 7.27. The number of anilines is 1. The quantitative estimate of drug-likeness (QED) is 0.540. The highest BCUT2D eigenvalue weighted by Gasteiger charge is 2.09. The number of nitrogens with zero attached hydrogens (tertiary/aromatic N) is 3. The van der Waals surface area contributed by atoms with Crippen molar-refractivity contribution in [2.75, 3.05) is 24.5 Å². The van der Waals surface area contributed by atoms with Crippen LogP contribution in [0.4, 0.5) is 5.69 Å². The number of benzene rings is 2. The van der Waals surface area contributed by atoms with E-state index in [4.69, 9.17) is 0 Å². The van der Waals surface area contributed by atoms with Crippen LogP contribution in [0.5, 0.6) is 0 Å². The molecule has 0 atom stereocenters. The molecule has 0 saturated heterocycles. The fraction of sp³-hybridized carbons (Fsp3) is 0.320. The Bertz CT molecular complexity index is 1070. The number of aromatic nitrogens is 2. The van der Waals surface area contributed by atoms with Gasteiger partial charge >= 0.3 is 0 Å². The molecular formula is C25H30N4O2. The van der Waals surface area contributed by atoms with E-state index in [9.17, 15) is 9.59 Å². The highest BCUT2D eigenvalue weighted by molar-refractivity contribution is 5.75. The highest BCUT2D eigenvalue weighted by Crippen LogP contribution is 2.16. The van der Waals surface area contributed by atoms with E-state index in [-0.39, 0.29) is 18.0 Å². The lowest BCUT2D eigenvalue weighted by atomic mass is 10.1. The van der Waals surface area contributed by atoms with Gasteiger partial charge in [-0.2, -0.15) is 5.10 Å². The largest absolute Gasteiger partial charge is 0.372 e. The van der Waals surface area contributed by atoms with E-state index in [0.29, 0.717) is 12.2 Å². The van der Waals surface area contributed by atoms with Crippen LogP contribution >= 0.6 is 0 Å². The van der Waals surface area contributed by atoms with Gasteiger partial charge in [-0.05, 0) is 51.0 Å². The number of aryl methyl sites for hydroxylation is 2. The maximum absolute atomic E-state index is 12.4. The van der Waals surface area contributed by atoms with E-state index >= 15 is 0 Å². The Morgan fingerprint density at radius 1 is 1.03 bits per heavy atom. The fourth-order valence-corrected chi connectivity index (χ4v) is 3.42. The normalized spacial score (nSPS) is 10.7. The molecule has 0 aliphatic rings. The van der Waals surface area contributed by atoms with Crippen molar-refractivity contribution in [2.45, 2.75) is 33.7 Å². The predicted octanol–water partition coefficient (Wildman–Crippen LogP) is 3.56. The summed E-state index contributed by atoms with van der Waals surface area (Å²) in [5.41, 5.74) is 4.87. The van der Waals surface area contributed by atoms with Crippen LogP contribution in [0.2, 0.25) is 0 Å². The molecule has 6 nitrogen and oxygen atoms in total. The van der Waals surface area contributed by atoms with Gasteiger partial charge in [-0.3, -0.25) is 9.59 Å². The SMILES string of the molecule is CCN(CCCNC(=O)Cn1nc(-c2ccc(C)cc2)ccc1=O)c1cccc(C)c1. The maximum atomic E-state index is 12.4. The van der Waals surface area contributed by atoms with Gasteiger partial charge in [0, 0.05) is 37.0 Å². The second-order valence-corrected chi connectivity index (χ2v) is 7.70. The van der Waals surface area contributed by atoms with Crippen molar-refractivity contribution in [3.8, 4) is 11.3 Å². The summed E-state index contributed by atoms with van der Waals surface area (Å²) in [4.78, 5) is 26.8. The Morgan fingerprint density at radius 3 is 2.52 bits per heavy atom. The second kappa shape index (κ2) is 10.6. The van der Waals surface area contributed by atoms with Crippen LogP contribution in [0.25, 0.3) is 11.3 Å². The molecule has 31 heavy (non-hydrogen) atoms. The van der Waals surface area contributed by atoms with Crippen LogP contribution in [0, 0.1) is 13.8 Å². The topological polar surface area (TPSA) is 67.2 Å². The summed E-state index contributed by atoms with van der Waals surface area (Å²) in [7, 11) is 0. The molecule has 162 valence electrons. The number of carbonyl (C=O) groups is 1. The maximum Gasteiger partial charge on any atom is 0.267 e. The number of amides is 1. The van der Waals surface area contributed by atoms with E-state index in [1.807, 2.05) is 31.2 Å². The summed E-state index contributed by atoms with van der Waals surface area (Å²) in [6, 6.07) is 19.5. The summed E-state index contributed by atoms with van der Waals surface area (Å²) in [6.07, 6.45) is 0.819. The fourth-order valence-electron chi connectivity index (χ4n) is 3.42. The number of nitrogens with one attached hydrogen (secondary N) is 1. The van der Waals surface area contributed by atoms with E-state index in [2.05, 4.69) is 53.4 Å². The summed E-state index contributed by atoms with van der Waals surface area (Å²) in [5.74, 6) is -0.214. The molecule has 1 N–H and O–H groups in total. The molecule has 2 aromatic carbocycles. The number of hydrogen-bond acceptors (Lipinski definition) is 4. The first-order valence-electron chi connectivity index (χ1n) is 10.7. The Balaban J connectivity index is 1.53. The zero-order valence-corrected chi connectivity index (χ0v) is 18.5. The van der Waals surface area contributed by atoms with Crippen molar-refractivity contribution < 1.29 is 4.79 Å². The molecule has 1 heterocycles. The molecule has 3 rings (SSSR count). The smallest absolute Gasteiger partial charge is 0.267 e. The van der Waals surface area contributed by atoms with Gasteiger partial charge in [-0.1, -0.05) is 42.0 Å². The molecule has 1 aromatic heterocycles. The first-order chi connectivity index (χ1) is 15.0. The van der Waals surface area contributed by atoms with Gasteiger partial charge in [0.05, 0.1) is 5.69 Å². The van der Waals surface area contributed by atoms with Crippen LogP contribution in [0.3, 0.4) is 0 Å². The lowest BCUT2D eigenvalue weighted by molar-refractivity contribution is -0.121. The van der Waals surface area contributed by atoms with Crippen molar-refractivity contribution in [1.29, 1.82) is 0 Å². The molecule has 0 aliphatic carbocycles. The lowest BCUT2D eigenvalue weighted by Crippen LogP contribution is -2.35. The van der Waals surface area contributed by atoms with Gasteiger partial charge < -0.3 is 10.2 Å². The molecule has 6 heteroatoms. The number of rotatable bonds is 9. The third-order valence-electron chi connectivity index (χ3n) is 5.18. The Labute approximate surface area is 183 Å². The molecule has 3 aromatic rings. The van der Waals surface area contributed by atoms with Gasteiger partial charge in [0.1, 0.15) is 6.54 Å². The molecule has 0 spiro atoms. The minimum atomic E-state index is -0.289. The molecule has 0 bridgehead atoms. The van der Waals surface area contributed by atoms with Crippen LogP contribution in [-0.2, 0) is 11.3 Å². The number of carbonyl (C=O) groups excluding carboxylic acids is 1. The molecule has 0 saturated carbocycles. The predicted molar refractivity (Wildman–Crippen MR) is 125 cm³/mol. The van der Waals surface area contributed by atoms with Crippen molar-refractivity contribution in [1.82, 2.24) is 15.1 Å². The first kappa shape index (κ1) is 22.3. The third-order valence-corrected chi connectivity index (χ3v) is 5.18. The Morgan fingerprint density at radius 2 is 1.81 bits per heavy atom. The molecule has 0 fully saturated rings. The Hall–Kier alpha value is -3.41. The summed E-state index contributed by atoms with van der Waals surface area (Å²) in [6.45, 7) is 8.44. The molecular weight excluding hydrogens is 388 g/mol. The van der Waals surface area contributed by atoms with Gasteiger partial charge in [0.2, 0.25) is 5.91 Å². The monoisotopic (exact) mass is 418 g/mol. The van der Waals surface area contributed by atoms with Crippen LogP contribution in [-0.4, -0.2) is 35.3 Å². The zero-order valence-electron chi connectivity index (χ0n) is 18.5. The average molecular weight is 419 g/mol. The molecule has 0 radical (unpaired) electrons. The van der Waals surface area contributed by atoms with Crippen LogP contribution in [0.1, 0.15) is 24.5 Å². The highest BCUT2D eigenvalue weighted by atomic mass is 16.2. The van der Waals surface area contributed by atoms with Crippen LogP contribution < -0.4 is 15.8 Å². The van der Waals surface area contributed by atoms with E-state index < -0.39 is 0 Å². The van der Waals surface area contributed by atoms with Crippen LogP contribution in [0.15, 0.2) is 65.5 Å². The first-order valence-corrected chi connectivity index (χ1v) is 10.7. The van der Waals surface area contributed by atoms with E-state index in [1.54, 1.807) is 6.07 Å². The van der Waals surface area contributed by atoms with Crippen molar-refractivity contribution >= 4 is 11.6 Å². The van der Waals surface area contributed by atoms with Gasteiger partial charge in [0.15, 0.2) is 0 Å². The molecule has 1 amide bonds. The van der Waals surface area contributed by atoms with Gasteiger partial charge in [-0.25, -0.2) is 4.68 Å². The van der Waals surface area contributed by atoms with Crippen molar-refractivity contribution in [3.63, 3.8) is 0 Å². The average Bonchev–Trinajstić information content (AvgIpc) is 2.76. The number of hydrogen-bond donors (Lipinski definition) is 1. The second-order valence-electron chi connectivity index (χ2n) is 7.70. The van der Waals surface area contributed by atoms with E-state index in [1.165, 1.54) is 22.0 Å².